The molecule has 1 unspecified atom stereocenters. The highest BCUT2D eigenvalue weighted by Gasteiger charge is 2.22. The van der Waals surface area contributed by atoms with Gasteiger partial charge in [0.15, 0.2) is 0 Å². The van der Waals surface area contributed by atoms with Gasteiger partial charge in [0.25, 0.3) is 0 Å². The predicted molar refractivity (Wildman–Crippen MR) is 62.2 cm³/mol. The maximum Gasteiger partial charge on any atom is 0.207 e. The van der Waals surface area contributed by atoms with Crippen molar-refractivity contribution in [2.45, 2.75) is 13.0 Å². The zero-order chi connectivity index (χ0) is 10.7. The number of nitrogens with one attached hydrogen (secondary N) is 1. The van der Waals surface area contributed by atoms with Crippen LogP contribution in [-0.4, -0.2) is 41.8 Å². The van der Waals surface area contributed by atoms with Gasteiger partial charge in [0.1, 0.15) is 5.01 Å². The Hall–Kier alpha value is -0.230. The molecule has 1 N–H and O–H groups in total. The highest BCUT2D eigenvalue weighted by Crippen LogP contribution is 2.21. The zero-order valence-electron chi connectivity index (χ0n) is 8.74. The van der Waals surface area contributed by atoms with Crippen LogP contribution in [0.5, 0.6) is 0 Å². The van der Waals surface area contributed by atoms with Crippen molar-refractivity contribution < 1.29 is 0 Å². The monoisotopic (exact) mass is 246 g/mol. The van der Waals surface area contributed by atoms with Gasteiger partial charge in [0.05, 0.1) is 6.54 Å². The van der Waals surface area contributed by atoms with E-state index in [0.29, 0.717) is 4.47 Å². The molecule has 2 heterocycles. The van der Waals surface area contributed by atoms with Crippen LogP contribution in [0.3, 0.4) is 0 Å². The summed E-state index contributed by atoms with van der Waals surface area (Å²) in [5.74, 6) is 0.776. The Morgan fingerprint density at radius 2 is 2.47 bits per heavy atom. The highest BCUT2D eigenvalue weighted by molar-refractivity contribution is 7.15. The van der Waals surface area contributed by atoms with Crippen molar-refractivity contribution >= 4 is 22.9 Å². The fraction of sp³-hybridized carbons (Fsp3) is 0.778. The lowest BCUT2D eigenvalue weighted by Crippen LogP contribution is -2.24. The third-order valence-electron chi connectivity index (χ3n) is 2.66. The van der Waals surface area contributed by atoms with Crippen LogP contribution < -0.4 is 5.32 Å². The number of rotatable bonds is 4. The molecule has 1 atom stereocenters. The van der Waals surface area contributed by atoms with E-state index in [0.717, 1.165) is 37.1 Å². The number of halogens is 1. The molecule has 0 aromatic carbocycles. The average molecular weight is 247 g/mol. The second-order valence-corrected chi connectivity index (χ2v) is 5.54. The van der Waals surface area contributed by atoms with Crippen molar-refractivity contribution in [3.05, 3.63) is 9.47 Å². The van der Waals surface area contributed by atoms with E-state index in [1.165, 1.54) is 17.8 Å². The lowest BCUT2D eigenvalue weighted by Gasteiger charge is -2.13. The third-order valence-corrected chi connectivity index (χ3v) is 3.67. The number of hydrogen-bond donors (Lipinski definition) is 1. The first-order chi connectivity index (χ1) is 7.28. The summed E-state index contributed by atoms with van der Waals surface area (Å²) in [6.45, 7) is 4.31. The molecule has 1 aliphatic heterocycles. The van der Waals surface area contributed by atoms with Gasteiger partial charge >= 0.3 is 0 Å². The Bertz CT molecular complexity index is 317. The van der Waals surface area contributed by atoms with Crippen LogP contribution in [0, 0.1) is 5.92 Å². The van der Waals surface area contributed by atoms with E-state index in [-0.39, 0.29) is 0 Å². The molecule has 1 aromatic rings. The molecule has 0 saturated carbocycles. The molecular formula is C9H15ClN4S. The quantitative estimate of drug-likeness (QED) is 0.868. The Kier molecular flexibility index (Phi) is 3.91. The maximum atomic E-state index is 5.74. The summed E-state index contributed by atoms with van der Waals surface area (Å²) in [6, 6.07) is 0. The number of nitrogens with zero attached hydrogens (tertiary/aromatic N) is 3. The average Bonchev–Trinajstić information content (AvgIpc) is 2.78. The van der Waals surface area contributed by atoms with Gasteiger partial charge in [-0.05, 0) is 44.1 Å². The molecule has 1 saturated heterocycles. The van der Waals surface area contributed by atoms with Crippen LogP contribution in [0.4, 0.5) is 0 Å². The largest absolute Gasteiger partial charge is 0.319 e. The number of aromatic nitrogens is 2. The molecule has 4 nitrogen and oxygen atoms in total. The SMILES string of the molecule is CNCC1CCN(Cc2nnc(Cl)s2)C1. The summed E-state index contributed by atoms with van der Waals surface area (Å²) in [4.78, 5) is 2.42. The summed E-state index contributed by atoms with van der Waals surface area (Å²) < 4.78 is 0.538. The lowest BCUT2D eigenvalue weighted by molar-refractivity contribution is 0.314. The molecule has 0 amide bonds. The molecule has 1 aliphatic rings. The fourth-order valence-corrected chi connectivity index (χ4v) is 2.91. The van der Waals surface area contributed by atoms with E-state index in [4.69, 9.17) is 11.6 Å². The molecule has 0 radical (unpaired) electrons. The van der Waals surface area contributed by atoms with E-state index < -0.39 is 0 Å². The van der Waals surface area contributed by atoms with E-state index >= 15 is 0 Å². The van der Waals surface area contributed by atoms with Crippen LogP contribution in [0.25, 0.3) is 0 Å². The summed E-state index contributed by atoms with van der Waals surface area (Å²) in [6.07, 6.45) is 1.27. The summed E-state index contributed by atoms with van der Waals surface area (Å²) in [5.41, 5.74) is 0. The molecule has 15 heavy (non-hydrogen) atoms. The van der Waals surface area contributed by atoms with Gasteiger partial charge in [0.2, 0.25) is 4.47 Å². The van der Waals surface area contributed by atoms with Crippen molar-refractivity contribution in [1.82, 2.24) is 20.4 Å². The minimum atomic E-state index is 0.538. The van der Waals surface area contributed by atoms with Crippen molar-refractivity contribution in [2.24, 2.45) is 5.92 Å². The molecule has 6 heteroatoms. The van der Waals surface area contributed by atoms with Crippen molar-refractivity contribution in [1.29, 1.82) is 0 Å². The highest BCUT2D eigenvalue weighted by atomic mass is 35.5. The summed E-state index contributed by atoms with van der Waals surface area (Å²) >= 11 is 7.22. The Morgan fingerprint density at radius 3 is 3.13 bits per heavy atom. The Morgan fingerprint density at radius 1 is 1.60 bits per heavy atom. The smallest absolute Gasteiger partial charge is 0.207 e. The van der Waals surface area contributed by atoms with Crippen LogP contribution >= 0.6 is 22.9 Å². The van der Waals surface area contributed by atoms with Gasteiger partial charge in [-0.3, -0.25) is 4.90 Å². The standard InChI is InChI=1S/C9H15ClN4S/c1-11-4-7-2-3-14(5-7)6-8-12-13-9(10)15-8/h7,11H,2-6H2,1H3. The zero-order valence-corrected chi connectivity index (χ0v) is 10.3. The first-order valence-electron chi connectivity index (χ1n) is 5.12. The minimum absolute atomic E-state index is 0.538. The fourth-order valence-electron chi connectivity index (χ4n) is 2.00. The minimum Gasteiger partial charge on any atom is -0.319 e. The molecule has 84 valence electrons. The maximum absolute atomic E-state index is 5.74. The second kappa shape index (κ2) is 5.21. The van der Waals surface area contributed by atoms with Gasteiger partial charge in [0, 0.05) is 6.54 Å². The van der Waals surface area contributed by atoms with E-state index in [1.807, 2.05) is 7.05 Å². The van der Waals surface area contributed by atoms with E-state index in [2.05, 4.69) is 20.4 Å². The van der Waals surface area contributed by atoms with Crippen LogP contribution in [0.1, 0.15) is 11.4 Å². The first kappa shape index (κ1) is 11.3. The van der Waals surface area contributed by atoms with Gasteiger partial charge in [-0.2, -0.15) is 0 Å². The normalized spacial score (nSPS) is 22.4. The molecule has 0 spiro atoms. The van der Waals surface area contributed by atoms with E-state index in [9.17, 15) is 0 Å². The van der Waals surface area contributed by atoms with Crippen LogP contribution in [0.15, 0.2) is 0 Å². The first-order valence-corrected chi connectivity index (χ1v) is 6.32. The van der Waals surface area contributed by atoms with E-state index in [1.54, 1.807) is 0 Å². The van der Waals surface area contributed by atoms with Gasteiger partial charge in [-0.25, -0.2) is 0 Å². The van der Waals surface area contributed by atoms with Crippen molar-refractivity contribution in [3.8, 4) is 0 Å². The van der Waals surface area contributed by atoms with Gasteiger partial charge < -0.3 is 5.32 Å². The lowest BCUT2D eigenvalue weighted by atomic mass is 10.1. The molecular weight excluding hydrogens is 232 g/mol. The molecule has 1 aromatic heterocycles. The Balaban J connectivity index is 1.82. The van der Waals surface area contributed by atoms with Crippen molar-refractivity contribution in [3.63, 3.8) is 0 Å². The van der Waals surface area contributed by atoms with Crippen molar-refractivity contribution in [2.75, 3.05) is 26.7 Å². The third kappa shape index (κ3) is 3.11. The van der Waals surface area contributed by atoms with Crippen LogP contribution in [-0.2, 0) is 6.54 Å². The van der Waals surface area contributed by atoms with Gasteiger partial charge in [-0.15, -0.1) is 10.2 Å². The number of hydrogen-bond acceptors (Lipinski definition) is 5. The molecule has 2 rings (SSSR count). The summed E-state index contributed by atoms with van der Waals surface area (Å²) in [7, 11) is 2.01. The van der Waals surface area contributed by atoms with Gasteiger partial charge in [-0.1, -0.05) is 11.3 Å². The molecule has 0 bridgehead atoms. The second-order valence-electron chi connectivity index (χ2n) is 3.90. The molecule has 1 fully saturated rings. The Labute approximate surface area is 98.6 Å². The topological polar surface area (TPSA) is 41.0 Å². The molecule has 0 aliphatic carbocycles. The summed E-state index contributed by atoms with van der Waals surface area (Å²) in [5, 5.41) is 12.1. The van der Waals surface area contributed by atoms with Crippen LogP contribution in [0.2, 0.25) is 4.47 Å². The predicted octanol–water partition coefficient (Wildman–Crippen LogP) is 1.23. The number of likely N-dealkylation sites (tertiary alicyclic amines) is 1.